The van der Waals surface area contributed by atoms with Gasteiger partial charge in [0.2, 0.25) is 5.92 Å². The molecule has 0 unspecified atom stereocenters. The minimum absolute atomic E-state index is 0.330. The van der Waals surface area contributed by atoms with Gasteiger partial charge in [0, 0.05) is 13.0 Å². The second kappa shape index (κ2) is 4.02. The zero-order valence-corrected chi connectivity index (χ0v) is 6.51. The number of hydrogen-bond acceptors (Lipinski definition) is 1. The van der Waals surface area contributed by atoms with Crippen molar-refractivity contribution in [3.05, 3.63) is 0 Å². The first-order valence-corrected chi connectivity index (χ1v) is 3.36. The summed E-state index contributed by atoms with van der Waals surface area (Å²) in [6.07, 6.45) is -4.91. The summed E-state index contributed by atoms with van der Waals surface area (Å²) in [6, 6.07) is 0. The van der Waals surface area contributed by atoms with Gasteiger partial charge in [-0.2, -0.15) is 13.2 Å². The summed E-state index contributed by atoms with van der Waals surface area (Å²) in [5.41, 5.74) is 0. The second-order valence-electron chi connectivity index (χ2n) is 2.61. The lowest BCUT2D eigenvalue weighted by Crippen LogP contribution is -2.31. The molecule has 0 heterocycles. The van der Waals surface area contributed by atoms with Gasteiger partial charge in [-0.1, -0.05) is 0 Å². The molecule has 12 heavy (non-hydrogen) atoms. The minimum atomic E-state index is -4.33. The lowest BCUT2D eigenvalue weighted by Gasteiger charge is -2.11. The molecule has 0 aromatic carbocycles. The Kier molecular flexibility index (Phi) is 3.89. The Balaban J connectivity index is 3.35. The molecule has 0 saturated carbocycles. The fourth-order valence-electron chi connectivity index (χ4n) is 0.538. The Bertz CT molecular complexity index is 109. The molecular formula is C6H10F5N. The van der Waals surface area contributed by atoms with Crippen LogP contribution in [0.3, 0.4) is 0 Å². The molecule has 6 heteroatoms. The van der Waals surface area contributed by atoms with E-state index in [0.29, 0.717) is 6.92 Å². The third kappa shape index (κ3) is 9.61. The first-order valence-electron chi connectivity index (χ1n) is 3.36. The summed E-state index contributed by atoms with van der Waals surface area (Å²) in [5.74, 6) is -2.90. The highest BCUT2D eigenvalue weighted by molar-refractivity contribution is 4.62. The molecule has 0 aliphatic rings. The van der Waals surface area contributed by atoms with E-state index >= 15 is 0 Å². The van der Waals surface area contributed by atoms with Crippen LogP contribution in [0, 0.1) is 0 Å². The predicted octanol–water partition coefficient (Wildman–Crippen LogP) is 2.18. The smallest absolute Gasteiger partial charge is 0.308 e. The van der Waals surface area contributed by atoms with Crippen molar-refractivity contribution in [1.29, 1.82) is 0 Å². The molecule has 0 amide bonds. The van der Waals surface area contributed by atoms with Gasteiger partial charge < -0.3 is 5.32 Å². The van der Waals surface area contributed by atoms with Gasteiger partial charge in [0.1, 0.15) is 0 Å². The van der Waals surface area contributed by atoms with Crippen LogP contribution in [0.25, 0.3) is 0 Å². The fraction of sp³-hybridized carbons (Fsp3) is 1.00. The van der Waals surface area contributed by atoms with Gasteiger partial charge in [0.25, 0.3) is 0 Å². The van der Waals surface area contributed by atoms with Crippen LogP contribution in [0.4, 0.5) is 22.0 Å². The van der Waals surface area contributed by atoms with Crippen LogP contribution in [-0.4, -0.2) is 25.2 Å². The lowest BCUT2D eigenvalue weighted by molar-refractivity contribution is -0.125. The zero-order chi connectivity index (χ0) is 9.83. The quantitative estimate of drug-likeness (QED) is 0.530. The highest BCUT2D eigenvalue weighted by Gasteiger charge is 2.27. The van der Waals surface area contributed by atoms with E-state index in [4.69, 9.17) is 0 Å². The molecule has 74 valence electrons. The summed E-state index contributed by atoms with van der Waals surface area (Å²) in [5, 5.41) is 1.88. The summed E-state index contributed by atoms with van der Waals surface area (Å²) in [6.45, 7) is -0.881. The van der Waals surface area contributed by atoms with E-state index in [9.17, 15) is 22.0 Å². The molecule has 0 aromatic rings. The lowest BCUT2D eigenvalue weighted by atomic mass is 10.3. The summed E-state index contributed by atoms with van der Waals surface area (Å²) in [4.78, 5) is 0. The van der Waals surface area contributed by atoms with Gasteiger partial charge in [0.15, 0.2) is 0 Å². The average molecular weight is 191 g/mol. The van der Waals surface area contributed by atoms with Gasteiger partial charge in [-0.15, -0.1) is 0 Å². The topological polar surface area (TPSA) is 12.0 Å². The first kappa shape index (κ1) is 11.6. The van der Waals surface area contributed by atoms with Crippen molar-refractivity contribution in [2.24, 2.45) is 0 Å². The van der Waals surface area contributed by atoms with Gasteiger partial charge >= 0.3 is 6.18 Å². The van der Waals surface area contributed by atoms with Crippen LogP contribution < -0.4 is 5.32 Å². The number of halogens is 5. The maximum Gasteiger partial charge on any atom is 0.401 e. The van der Waals surface area contributed by atoms with Crippen LogP contribution >= 0.6 is 0 Å². The minimum Gasteiger partial charge on any atom is -0.308 e. The highest BCUT2D eigenvalue weighted by atomic mass is 19.4. The molecule has 0 bridgehead atoms. The average Bonchev–Trinajstić information content (AvgIpc) is 1.76. The van der Waals surface area contributed by atoms with Crippen LogP contribution in [0.2, 0.25) is 0 Å². The number of nitrogens with one attached hydrogen (secondary N) is 1. The molecule has 0 fully saturated rings. The molecular weight excluding hydrogens is 181 g/mol. The molecule has 0 atom stereocenters. The molecule has 0 saturated heterocycles. The number of hydrogen-bond donors (Lipinski definition) is 1. The maximum atomic E-state index is 12.0. The van der Waals surface area contributed by atoms with Gasteiger partial charge in [-0.25, -0.2) is 8.78 Å². The van der Waals surface area contributed by atoms with E-state index in [1.165, 1.54) is 0 Å². The monoisotopic (exact) mass is 191 g/mol. The van der Waals surface area contributed by atoms with E-state index in [0.717, 1.165) is 0 Å². The van der Waals surface area contributed by atoms with Crippen LogP contribution in [0.1, 0.15) is 13.3 Å². The Morgan fingerprint density at radius 1 is 1.08 bits per heavy atom. The molecule has 0 aromatic heterocycles. The standard InChI is InChI=1S/C6H10F5N/c1-5(7,8)2-3-12-4-6(9,10)11/h12H,2-4H2,1H3. The maximum absolute atomic E-state index is 12.0. The number of alkyl halides is 5. The predicted molar refractivity (Wildman–Crippen MR) is 34.2 cm³/mol. The SMILES string of the molecule is CC(F)(F)CCNCC(F)(F)F. The van der Waals surface area contributed by atoms with Crippen molar-refractivity contribution in [2.75, 3.05) is 13.1 Å². The third-order valence-corrected chi connectivity index (χ3v) is 1.07. The molecule has 1 nitrogen and oxygen atoms in total. The normalized spacial score (nSPS) is 13.5. The van der Waals surface area contributed by atoms with E-state index in [1.54, 1.807) is 0 Å². The Morgan fingerprint density at radius 3 is 1.92 bits per heavy atom. The van der Waals surface area contributed by atoms with E-state index in [1.807, 2.05) is 5.32 Å². The van der Waals surface area contributed by atoms with E-state index in [-0.39, 0.29) is 6.54 Å². The van der Waals surface area contributed by atoms with Gasteiger partial charge in [-0.3, -0.25) is 0 Å². The summed E-state index contributed by atoms with van der Waals surface area (Å²) in [7, 11) is 0. The van der Waals surface area contributed by atoms with E-state index < -0.39 is 25.1 Å². The Morgan fingerprint density at radius 2 is 1.58 bits per heavy atom. The van der Waals surface area contributed by atoms with Crippen molar-refractivity contribution >= 4 is 0 Å². The third-order valence-electron chi connectivity index (χ3n) is 1.07. The molecule has 0 aliphatic carbocycles. The van der Waals surface area contributed by atoms with Gasteiger partial charge in [0.05, 0.1) is 6.54 Å². The number of rotatable bonds is 4. The molecule has 0 aliphatic heterocycles. The van der Waals surface area contributed by atoms with Crippen molar-refractivity contribution in [3.8, 4) is 0 Å². The summed E-state index contributed by atoms with van der Waals surface area (Å²) >= 11 is 0. The zero-order valence-electron chi connectivity index (χ0n) is 6.51. The molecule has 0 spiro atoms. The molecule has 0 radical (unpaired) electrons. The summed E-state index contributed by atoms with van der Waals surface area (Å²) < 4.78 is 58.3. The largest absolute Gasteiger partial charge is 0.401 e. The van der Waals surface area contributed by atoms with Crippen LogP contribution in [-0.2, 0) is 0 Å². The Labute approximate surface area is 66.9 Å². The van der Waals surface area contributed by atoms with Crippen LogP contribution in [0.5, 0.6) is 0 Å². The van der Waals surface area contributed by atoms with Crippen molar-refractivity contribution < 1.29 is 22.0 Å². The molecule has 0 rings (SSSR count). The Hall–Kier alpha value is -0.390. The van der Waals surface area contributed by atoms with E-state index in [2.05, 4.69) is 0 Å². The van der Waals surface area contributed by atoms with Crippen molar-refractivity contribution in [2.45, 2.75) is 25.4 Å². The first-order chi connectivity index (χ1) is 5.21. The van der Waals surface area contributed by atoms with Crippen molar-refractivity contribution in [3.63, 3.8) is 0 Å². The van der Waals surface area contributed by atoms with Crippen molar-refractivity contribution in [1.82, 2.24) is 5.32 Å². The van der Waals surface area contributed by atoms with Gasteiger partial charge in [-0.05, 0) is 6.92 Å². The fourth-order valence-corrected chi connectivity index (χ4v) is 0.538. The second-order valence-corrected chi connectivity index (χ2v) is 2.61. The highest BCUT2D eigenvalue weighted by Crippen LogP contribution is 2.16. The molecule has 1 N–H and O–H groups in total. The van der Waals surface area contributed by atoms with Crippen LogP contribution in [0.15, 0.2) is 0 Å².